The molecule has 1 unspecified atom stereocenters. The standard InChI is InChI=1S/C11H16N6O2/c1-2-8-10(18)13-3-4-17(8)11(19)7-5-15-9(16-12)6-14-7/h5-6,8H,2-4,12H2,1H3,(H,13,18)(H,15,16). The van der Waals surface area contributed by atoms with E-state index in [1.54, 1.807) is 0 Å². The van der Waals surface area contributed by atoms with E-state index in [9.17, 15) is 9.59 Å². The Bertz CT molecular complexity index is 475. The Kier molecular flexibility index (Phi) is 3.91. The molecule has 19 heavy (non-hydrogen) atoms. The lowest BCUT2D eigenvalue weighted by atomic mass is 10.1. The van der Waals surface area contributed by atoms with E-state index in [0.717, 1.165) is 0 Å². The Morgan fingerprint density at radius 3 is 2.95 bits per heavy atom. The van der Waals surface area contributed by atoms with Gasteiger partial charge in [-0.3, -0.25) is 9.59 Å². The molecule has 1 aliphatic rings. The summed E-state index contributed by atoms with van der Waals surface area (Å²) in [5.41, 5.74) is 2.54. The number of piperazine rings is 1. The van der Waals surface area contributed by atoms with Gasteiger partial charge in [-0.15, -0.1) is 0 Å². The summed E-state index contributed by atoms with van der Waals surface area (Å²) < 4.78 is 0. The normalized spacial score (nSPS) is 18.9. The highest BCUT2D eigenvalue weighted by Crippen LogP contribution is 2.12. The Morgan fingerprint density at radius 2 is 2.37 bits per heavy atom. The van der Waals surface area contributed by atoms with Gasteiger partial charge in [-0.25, -0.2) is 15.8 Å². The van der Waals surface area contributed by atoms with Crippen molar-refractivity contribution in [1.82, 2.24) is 20.2 Å². The van der Waals surface area contributed by atoms with E-state index in [2.05, 4.69) is 20.7 Å². The highest BCUT2D eigenvalue weighted by molar-refractivity contribution is 5.96. The van der Waals surface area contributed by atoms with Gasteiger partial charge in [-0.05, 0) is 6.42 Å². The lowest BCUT2D eigenvalue weighted by Crippen LogP contribution is -2.57. The second-order valence-corrected chi connectivity index (χ2v) is 4.14. The van der Waals surface area contributed by atoms with Gasteiger partial charge in [0.15, 0.2) is 5.82 Å². The number of carbonyl (C=O) groups is 2. The molecule has 2 amide bonds. The Labute approximate surface area is 110 Å². The Balaban J connectivity index is 2.19. The maximum Gasteiger partial charge on any atom is 0.274 e. The van der Waals surface area contributed by atoms with Crippen LogP contribution in [0.25, 0.3) is 0 Å². The van der Waals surface area contributed by atoms with Gasteiger partial charge in [0.25, 0.3) is 5.91 Å². The molecule has 2 rings (SSSR count). The minimum absolute atomic E-state index is 0.129. The third-order valence-corrected chi connectivity index (χ3v) is 3.00. The van der Waals surface area contributed by atoms with Crippen LogP contribution in [0.1, 0.15) is 23.8 Å². The SMILES string of the molecule is CCC1C(=O)NCCN1C(=O)c1cnc(NN)cn1. The van der Waals surface area contributed by atoms with Crippen LogP contribution in [0.15, 0.2) is 12.4 Å². The van der Waals surface area contributed by atoms with Gasteiger partial charge in [0.05, 0.1) is 12.4 Å². The Morgan fingerprint density at radius 1 is 1.58 bits per heavy atom. The Hall–Kier alpha value is -2.22. The van der Waals surface area contributed by atoms with Gasteiger partial charge in [0.2, 0.25) is 5.91 Å². The molecule has 0 spiro atoms. The third-order valence-electron chi connectivity index (χ3n) is 3.00. The molecule has 4 N–H and O–H groups in total. The lowest BCUT2D eigenvalue weighted by Gasteiger charge is -2.34. The molecule has 1 aromatic heterocycles. The van der Waals surface area contributed by atoms with Crippen molar-refractivity contribution in [3.8, 4) is 0 Å². The lowest BCUT2D eigenvalue weighted by molar-refractivity contribution is -0.127. The first-order valence-electron chi connectivity index (χ1n) is 6.04. The molecule has 8 nitrogen and oxygen atoms in total. The van der Waals surface area contributed by atoms with Crippen molar-refractivity contribution >= 4 is 17.6 Å². The number of nitrogens with one attached hydrogen (secondary N) is 2. The van der Waals surface area contributed by atoms with Crippen LogP contribution in [-0.2, 0) is 4.79 Å². The number of anilines is 1. The van der Waals surface area contributed by atoms with Crippen molar-refractivity contribution in [2.45, 2.75) is 19.4 Å². The van der Waals surface area contributed by atoms with Crippen LogP contribution >= 0.6 is 0 Å². The smallest absolute Gasteiger partial charge is 0.274 e. The van der Waals surface area contributed by atoms with Gasteiger partial charge < -0.3 is 15.6 Å². The monoisotopic (exact) mass is 264 g/mol. The van der Waals surface area contributed by atoms with Crippen molar-refractivity contribution in [3.05, 3.63) is 18.1 Å². The van der Waals surface area contributed by atoms with E-state index in [-0.39, 0.29) is 17.5 Å². The number of hydrazine groups is 1. The highest BCUT2D eigenvalue weighted by atomic mass is 16.2. The predicted octanol–water partition coefficient (Wildman–Crippen LogP) is -0.887. The molecule has 102 valence electrons. The molecule has 0 aliphatic carbocycles. The van der Waals surface area contributed by atoms with Crippen LogP contribution in [0.5, 0.6) is 0 Å². The quantitative estimate of drug-likeness (QED) is 0.482. The fourth-order valence-corrected chi connectivity index (χ4v) is 2.02. The average Bonchev–Trinajstić information content (AvgIpc) is 2.46. The summed E-state index contributed by atoms with van der Waals surface area (Å²) in [6.07, 6.45) is 3.28. The number of amides is 2. The van der Waals surface area contributed by atoms with Crippen molar-refractivity contribution in [3.63, 3.8) is 0 Å². The van der Waals surface area contributed by atoms with Crippen molar-refractivity contribution in [2.24, 2.45) is 5.84 Å². The molecular weight excluding hydrogens is 248 g/mol. The summed E-state index contributed by atoms with van der Waals surface area (Å²) in [7, 11) is 0. The van der Waals surface area contributed by atoms with Gasteiger partial charge in [0, 0.05) is 13.1 Å². The molecule has 1 atom stereocenters. The number of hydrogen-bond donors (Lipinski definition) is 3. The fraction of sp³-hybridized carbons (Fsp3) is 0.455. The zero-order valence-electron chi connectivity index (χ0n) is 10.6. The molecular formula is C11H16N6O2. The summed E-state index contributed by atoms with van der Waals surface area (Å²) in [5.74, 6) is 5.13. The van der Waals surface area contributed by atoms with Gasteiger partial charge in [-0.2, -0.15) is 0 Å². The fourth-order valence-electron chi connectivity index (χ4n) is 2.02. The summed E-state index contributed by atoms with van der Waals surface area (Å²) in [6.45, 7) is 2.79. The summed E-state index contributed by atoms with van der Waals surface area (Å²) in [4.78, 5) is 33.5. The van der Waals surface area contributed by atoms with E-state index in [0.29, 0.717) is 25.3 Å². The average molecular weight is 264 g/mol. The molecule has 1 aliphatic heterocycles. The number of nitrogens with two attached hydrogens (primary N) is 1. The minimum Gasteiger partial charge on any atom is -0.353 e. The number of hydrogen-bond acceptors (Lipinski definition) is 6. The first-order valence-corrected chi connectivity index (χ1v) is 6.04. The summed E-state index contributed by atoms with van der Waals surface area (Å²) in [6, 6.07) is -0.449. The molecule has 1 aromatic rings. The number of aromatic nitrogens is 2. The van der Waals surface area contributed by atoms with Crippen molar-refractivity contribution in [2.75, 3.05) is 18.5 Å². The number of nitrogen functional groups attached to an aromatic ring is 1. The predicted molar refractivity (Wildman–Crippen MR) is 68.0 cm³/mol. The van der Waals surface area contributed by atoms with Gasteiger partial charge >= 0.3 is 0 Å². The number of nitrogens with zero attached hydrogens (tertiary/aromatic N) is 3. The molecule has 0 saturated carbocycles. The summed E-state index contributed by atoms with van der Waals surface area (Å²) >= 11 is 0. The van der Waals surface area contributed by atoms with Gasteiger partial charge in [0.1, 0.15) is 11.7 Å². The van der Waals surface area contributed by atoms with Crippen LogP contribution in [0.4, 0.5) is 5.82 Å². The maximum absolute atomic E-state index is 12.3. The maximum atomic E-state index is 12.3. The number of carbonyl (C=O) groups excluding carboxylic acids is 2. The van der Waals surface area contributed by atoms with Crippen LogP contribution in [0, 0.1) is 0 Å². The molecule has 8 heteroatoms. The highest BCUT2D eigenvalue weighted by Gasteiger charge is 2.32. The van der Waals surface area contributed by atoms with Crippen molar-refractivity contribution < 1.29 is 9.59 Å². The molecule has 1 saturated heterocycles. The molecule has 0 bridgehead atoms. The van der Waals surface area contributed by atoms with E-state index >= 15 is 0 Å². The van der Waals surface area contributed by atoms with E-state index < -0.39 is 6.04 Å². The van der Waals surface area contributed by atoms with E-state index in [1.165, 1.54) is 17.3 Å². The number of rotatable bonds is 3. The molecule has 0 radical (unpaired) electrons. The second kappa shape index (κ2) is 5.61. The van der Waals surface area contributed by atoms with E-state index in [4.69, 9.17) is 5.84 Å². The minimum atomic E-state index is -0.449. The van der Waals surface area contributed by atoms with Crippen LogP contribution < -0.4 is 16.6 Å². The largest absolute Gasteiger partial charge is 0.353 e. The molecule has 0 aromatic carbocycles. The first kappa shape index (κ1) is 13.2. The molecule has 1 fully saturated rings. The topological polar surface area (TPSA) is 113 Å². The zero-order chi connectivity index (χ0) is 13.8. The van der Waals surface area contributed by atoms with Crippen LogP contribution in [0.3, 0.4) is 0 Å². The first-order chi connectivity index (χ1) is 9.17. The van der Waals surface area contributed by atoms with Crippen LogP contribution in [0.2, 0.25) is 0 Å². The third kappa shape index (κ3) is 2.63. The zero-order valence-corrected chi connectivity index (χ0v) is 10.6. The van der Waals surface area contributed by atoms with Crippen molar-refractivity contribution in [1.29, 1.82) is 0 Å². The molecule has 2 heterocycles. The summed E-state index contributed by atoms with van der Waals surface area (Å²) in [5, 5.41) is 2.74. The van der Waals surface area contributed by atoms with Gasteiger partial charge in [-0.1, -0.05) is 6.92 Å². The van der Waals surface area contributed by atoms with E-state index in [1.807, 2.05) is 6.92 Å². The van der Waals surface area contributed by atoms with Crippen LogP contribution in [-0.4, -0.2) is 45.8 Å². The second-order valence-electron chi connectivity index (χ2n) is 4.14.